The fourth-order valence-electron chi connectivity index (χ4n) is 1.53. The van der Waals surface area contributed by atoms with Crippen LogP contribution in [0.4, 0.5) is 5.69 Å². The third-order valence-electron chi connectivity index (χ3n) is 3.01. The molecule has 15 heavy (non-hydrogen) atoms. The van der Waals surface area contributed by atoms with E-state index in [0.29, 0.717) is 12.0 Å². The molecule has 1 atom stereocenters. The third kappa shape index (κ3) is 2.69. The average Bonchev–Trinajstić information content (AvgIpc) is 2.26. The molecular weight excluding hydrogens is 188 g/mol. The molecular formula is C12H20N2O. The first kappa shape index (κ1) is 12.0. The molecule has 0 amide bonds. The Kier molecular flexibility index (Phi) is 4.09. The maximum Gasteiger partial charge on any atom is 0.0703 e. The van der Waals surface area contributed by atoms with Crippen molar-refractivity contribution in [2.75, 3.05) is 11.9 Å². The molecule has 0 radical (unpaired) electrons. The molecule has 3 nitrogen and oxygen atoms in total. The molecule has 84 valence electrons. The number of pyridine rings is 1. The van der Waals surface area contributed by atoms with E-state index in [0.717, 1.165) is 11.3 Å². The molecule has 1 aromatic rings. The van der Waals surface area contributed by atoms with Crippen molar-refractivity contribution in [2.24, 2.45) is 5.92 Å². The summed E-state index contributed by atoms with van der Waals surface area (Å²) >= 11 is 0. The molecule has 0 aliphatic heterocycles. The molecule has 1 N–H and O–H groups in total. The molecule has 0 fully saturated rings. The molecule has 0 saturated heterocycles. The molecule has 0 spiro atoms. The summed E-state index contributed by atoms with van der Waals surface area (Å²) in [5, 5.41) is 9.23. The number of aliphatic hydroxyl groups is 1. The first-order valence-corrected chi connectivity index (χ1v) is 5.34. The van der Waals surface area contributed by atoms with Gasteiger partial charge >= 0.3 is 0 Å². The van der Waals surface area contributed by atoms with E-state index < -0.39 is 0 Å². The van der Waals surface area contributed by atoms with E-state index in [1.807, 2.05) is 19.3 Å². The van der Waals surface area contributed by atoms with Crippen molar-refractivity contribution in [1.82, 2.24) is 4.98 Å². The van der Waals surface area contributed by atoms with Crippen molar-refractivity contribution >= 4 is 5.69 Å². The summed E-state index contributed by atoms with van der Waals surface area (Å²) in [6.07, 6.45) is 3.52. The van der Waals surface area contributed by atoms with Gasteiger partial charge in [0.15, 0.2) is 0 Å². The standard InChI is InChI=1S/C12H20N2O/c1-9(2)10(3)14(4)12-7-13-6-5-11(12)8-15/h5-7,9-10,15H,8H2,1-4H3. The molecule has 0 aromatic carbocycles. The van der Waals surface area contributed by atoms with E-state index in [2.05, 4.69) is 30.7 Å². The summed E-state index contributed by atoms with van der Waals surface area (Å²) in [6, 6.07) is 2.29. The second kappa shape index (κ2) is 5.12. The van der Waals surface area contributed by atoms with Gasteiger partial charge in [-0.05, 0) is 18.9 Å². The molecule has 0 aliphatic rings. The van der Waals surface area contributed by atoms with Crippen molar-refractivity contribution in [3.8, 4) is 0 Å². The van der Waals surface area contributed by atoms with Crippen LogP contribution in [0.2, 0.25) is 0 Å². The van der Waals surface area contributed by atoms with Crippen LogP contribution >= 0.6 is 0 Å². The van der Waals surface area contributed by atoms with Crippen molar-refractivity contribution in [3.05, 3.63) is 24.0 Å². The lowest BCUT2D eigenvalue weighted by Crippen LogP contribution is -2.33. The van der Waals surface area contributed by atoms with E-state index >= 15 is 0 Å². The van der Waals surface area contributed by atoms with E-state index in [9.17, 15) is 5.11 Å². The molecule has 0 bridgehead atoms. The molecule has 1 heterocycles. The maximum atomic E-state index is 9.23. The van der Waals surface area contributed by atoms with Gasteiger partial charge in [-0.25, -0.2) is 0 Å². The zero-order valence-corrected chi connectivity index (χ0v) is 9.94. The average molecular weight is 208 g/mol. The van der Waals surface area contributed by atoms with Gasteiger partial charge in [0.2, 0.25) is 0 Å². The second-order valence-electron chi connectivity index (χ2n) is 4.26. The van der Waals surface area contributed by atoms with E-state index in [1.54, 1.807) is 6.20 Å². The number of rotatable bonds is 4. The smallest absolute Gasteiger partial charge is 0.0703 e. The normalized spacial score (nSPS) is 12.9. The molecule has 0 aliphatic carbocycles. The highest BCUT2D eigenvalue weighted by molar-refractivity contribution is 5.51. The predicted octanol–water partition coefficient (Wildman–Crippen LogP) is 2.05. The van der Waals surface area contributed by atoms with Crippen LogP contribution in [0.25, 0.3) is 0 Å². The highest BCUT2D eigenvalue weighted by atomic mass is 16.3. The summed E-state index contributed by atoms with van der Waals surface area (Å²) in [6.45, 7) is 6.62. The van der Waals surface area contributed by atoms with Crippen LogP contribution in [0, 0.1) is 5.92 Å². The summed E-state index contributed by atoms with van der Waals surface area (Å²) in [7, 11) is 2.04. The Morgan fingerprint density at radius 1 is 1.40 bits per heavy atom. The lowest BCUT2D eigenvalue weighted by molar-refractivity contribution is 0.281. The van der Waals surface area contributed by atoms with Gasteiger partial charge in [-0.2, -0.15) is 0 Å². The molecule has 0 saturated carbocycles. The lowest BCUT2D eigenvalue weighted by atomic mass is 10.0. The molecule has 1 aromatic heterocycles. The monoisotopic (exact) mass is 208 g/mol. The van der Waals surface area contributed by atoms with Gasteiger partial charge in [-0.3, -0.25) is 4.98 Å². The largest absolute Gasteiger partial charge is 0.392 e. The number of aromatic nitrogens is 1. The Hall–Kier alpha value is -1.09. The minimum absolute atomic E-state index is 0.0625. The SMILES string of the molecule is CC(C)C(C)N(C)c1cnccc1CO. The first-order chi connectivity index (χ1) is 7.07. The van der Waals surface area contributed by atoms with E-state index in [-0.39, 0.29) is 6.61 Å². The van der Waals surface area contributed by atoms with Crippen molar-refractivity contribution in [1.29, 1.82) is 0 Å². The number of hydrogen-bond donors (Lipinski definition) is 1. The summed E-state index contributed by atoms with van der Waals surface area (Å²) < 4.78 is 0. The van der Waals surface area contributed by atoms with Crippen LogP contribution in [0.5, 0.6) is 0 Å². The van der Waals surface area contributed by atoms with Gasteiger partial charge in [-0.15, -0.1) is 0 Å². The van der Waals surface area contributed by atoms with Gasteiger partial charge in [0.05, 0.1) is 18.5 Å². The summed E-state index contributed by atoms with van der Waals surface area (Å²) in [4.78, 5) is 6.27. The summed E-state index contributed by atoms with van der Waals surface area (Å²) in [5.41, 5.74) is 1.95. The Morgan fingerprint density at radius 3 is 2.60 bits per heavy atom. The zero-order valence-electron chi connectivity index (χ0n) is 9.94. The van der Waals surface area contributed by atoms with Crippen LogP contribution in [0.15, 0.2) is 18.5 Å². The first-order valence-electron chi connectivity index (χ1n) is 5.34. The van der Waals surface area contributed by atoms with Crippen LogP contribution < -0.4 is 4.90 Å². The second-order valence-corrected chi connectivity index (χ2v) is 4.26. The molecule has 1 rings (SSSR count). The van der Waals surface area contributed by atoms with E-state index in [1.165, 1.54) is 0 Å². The number of anilines is 1. The van der Waals surface area contributed by atoms with Crippen LogP contribution in [0.1, 0.15) is 26.3 Å². The van der Waals surface area contributed by atoms with Crippen LogP contribution in [0.3, 0.4) is 0 Å². The van der Waals surface area contributed by atoms with Gasteiger partial charge in [0.1, 0.15) is 0 Å². The van der Waals surface area contributed by atoms with Crippen LogP contribution in [-0.2, 0) is 6.61 Å². The minimum Gasteiger partial charge on any atom is -0.392 e. The lowest BCUT2D eigenvalue weighted by Gasteiger charge is -2.31. The topological polar surface area (TPSA) is 36.4 Å². The highest BCUT2D eigenvalue weighted by Crippen LogP contribution is 2.22. The van der Waals surface area contributed by atoms with Gasteiger partial charge in [0.25, 0.3) is 0 Å². The quantitative estimate of drug-likeness (QED) is 0.822. The van der Waals surface area contributed by atoms with Crippen LogP contribution in [-0.4, -0.2) is 23.2 Å². The van der Waals surface area contributed by atoms with Gasteiger partial charge in [-0.1, -0.05) is 13.8 Å². The number of aliphatic hydroxyl groups excluding tert-OH is 1. The maximum absolute atomic E-state index is 9.23. The predicted molar refractivity (Wildman–Crippen MR) is 62.9 cm³/mol. The summed E-state index contributed by atoms with van der Waals surface area (Å²) in [5.74, 6) is 0.571. The fourth-order valence-corrected chi connectivity index (χ4v) is 1.53. The van der Waals surface area contributed by atoms with Crippen molar-refractivity contribution < 1.29 is 5.11 Å². The molecule has 1 unspecified atom stereocenters. The van der Waals surface area contributed by atoms with E-state index in [4.69, 9.17) is 0 Å². The van der Waals surface area contributed by atoms with Crippen molar-refractivity contribution in [3.63, 3.8) is 0 Å². The highest BCUT2D eigenvalue weighted by Gasteiger charge is 2.15. The number of hydrogen-bond acceptors (Lipinski definition) is 3. The zero-order chi connectivity index (χ0) is 11.4. The Bertz CT molecular complexity index is 312. The Labute approximate surface area is 91.8 Å². The number of nitrogens with zero attached hydrogens (tertiary/aromatic N) is 2. The molecule has 3 heteroatoms. The van der Waals surface area contributed by atoms with Gasteiger partial charge < -0.3 is 10.0 Å². The minimum atomic E-state index is 0.0625. The van der Waals surface area contributed by atoms with Crippen molar-refractivity contribution in [2.45, 2.75) is 33.4 Å². The fraction of sp³-hybridized carbons (Fsp3) is 0.583. The third-order valence-corrected chi connectivity index (χ3v) is 3.01. The van der Waals surface area contributed by atoms with Gasteiger partial charge in [0, 0.05) is 24.8 Å². The Balaban J connectivity index is 2.94. The Morgan fingerprint density at radius 2 is 2.07 bits per heavy atom.